The van der Waals surface area contributed by atoms with Crippen molar-refractivity contribution in [3.8, 4) is 5.69 Å². The molecule has 0 aliphatic rings. The lowest BCUT2D eigenvalue weighted by Gasteiger charge is -2.12. The molecule has 0 radical (unpaired) electrons. The normalized spacial score (nSPS) is 11.2. The Bertz CT molecular complexity index is 936. The van der Waals surface area contributed by atoms with E-state index in [-0.39, 0.29) is 18.3 Å². The molecule has 0 saturated heterocycles. The van der Waals surface area contributed by atoms with Crippen LogP contribution in [0, 0.1) is 5.82 Å². The number of aliphatic imine (C=N–C) groups is 1. The summed E-state index contributed by atoms with van der Waals surface area (Å²) in [7, 11) is 1.64. The average molecular weight is 394 g/mol. The molecule has 3 rings (SSSR count). The molecule has 150 valence electrons. The second-order valence-electron chi connectivity index (χ2n) is 6.27. The van der Waals surface area contributed by atoms with E-state index < -0.39 is 0 Å². The van der Waals surface area contributed by atoms with Gasteiger partial charge in [0.1, 0.15) is 5.82 Å². The lowest BCUT2D eigenvalue weighted by Crippen LogP contribution is -2.42. The van der Waals surface area contributed by atoms with Crippen LogP contribution in [0.25, 0.3) is 5.69 Å². The Labute approximate surface area is 168 Å². The highest BCUT2D eigenvalue weighted by Crippen LogP contribution is 2.09. The zero-order valence-corrected chi connectivity index (χ0v) is 16.1. The van der Waals surface area contributed by atoms with Crippen LogP contribution in [0.3, 0.4) is 0 Å². The van der Waals surface area contributed by atoms with Gasteiger partial charge in [-0.15, -0.1) is 0 Å². The lowest BCUT2D eigenvalue weighted by molar-refractivity contribution is -0.115. The van der Waals surface area contributed by atoms with Crippen LogP contribution in [-0.2, 0) is 11.2 Å². The zero-order chi connectivity index (χ0) is 20.5. The molecule has 29 heavy (non-hydrogen) atoms. The van der Waals surface area contributed by atoms with E-state index in [9.17, 15) is 9.18 Å². The minimum Gasteiger partial charge on any atom is -0.356 e. The lowest BCUT2D eigenvalue weighted by atomic mass is 10.1. The monoisotopic (exact) mass is 394 g/mol. The largest absolute Gasteiger partial charge is 0.356 e. The molecule has 1 amide bonds. The number of amides is 1. The molecule has 0 spiro atoms. The van der Waals surface area contributed by atoms with Gasteiger partial charge in [0.25, 0.3) is 0 Å². The van der Waals surface area contributed by atoms with Gasteiger partial charge in [-0.1, -0.05) is 12.1 Å². The van der Waals surface area contributed by atoms with Gasteiger partial charge < -0.3 is 16.0 Å². The highest BCUT2D eigenvalue weighted by Gasteiger charge is 2.05. The van der Waals surface area contributed by atoms with E-state index in [0.29, 0.717) is 18.2 Å². The van der Waals surface area contributed by atoms with Gasteiger partial charge in [-0.25, -0.2) is 9.07 Å². The average Bonchev–Trinajstić information content (AvgIpc) is 3.27. The van der Waals surface area contributed by atoms with Crippen molar-refractivity contribution >= 4 is 17.6 Å². The first-order chi connectivity index (χ1) is 14.1. The van der Waals surface area contributed by atoms with Crippen LogP contribution < -0.4 is 16.0 Å². The summed E-state index contributed by atoms with van der Waals surface area (Å²) in [6, 6.07) is 15.7. The molecule has 1 heterocycles. The Morgan fingerprint density at radius 1 is 1.10 bits per heavy atom. The van der Waals surface area contributed by atoms with E-state index in [2.05, 4.69) is 38.2 Å². The number of nitrogens with one attached hydrogen (secondary N) is 3. The molecule has 1 aromatic heterocycles. The third-order valence-electron chi connectivity index (χ3n) is 4.18. The maximum absolute atomic E-state index is 12.9. The maximum atomic E-state index is 12.9. The molecule has 8 heteroatoms. The number of aromatic nitrogens is 2. The molecule has 0 bridgehead atoms. The highest BCUT2D eigenvalue weighted by molar-refractivity contribution is 5.94. The van der Waals surface area contributed by atoms with Crippen molar-refractivity contribution < 1.29 is 9.18 Å². The number of benzene rings is 2. The van der Waals surface area contributed by atoms with Crippen LogP contribution in [0.15, 0.2) is 72.0 Å². The summed E-state index contributed by atoms with van der Waals surface area (Å²) < 4.78 is 14.7. The SMILES string of the molecule is CN=C(NCCc1ccc(-n2cccn2)cc1)NCC(=O)Nc1ccc(F)cc1. The molecule has 7 nitrogen and oxygen atoms in total. The highest BCUT2D eigenvalue weighted by atomic mass is 19.1. The fourth-order valence-electron chi connectivity index (χ4n) is 2.69. The van der Waals surface area contributed by atoms with Gasteiger partial charge in [-0.3, -0.25) is 9.79 Å². The first-order valence-corrected chi connectivity index (χ1v) is 9.23. The van der Waals surface area contributed by atoms with E-state index in [1.54, 1.807) is 13.2 Å². The smallest absolute Gasteiger partial charge is 0.243 e. The summed E-state index contributed by atoms with van der Waals surface area (Å²) in [4.78, 5) is 16.1. The summed E-state index contributed by atoms with van der Waals surface area (Å²) in [5.74, 6) is -0.0528. The first kappa shape index (κ1) is 20.1. The Morgan fingerprint density at radius 2 is 1.86 bits per heavy atom. The van der Waals surface area contributed by atoms with Gasteiger partial charge >= 0.3 is 0 Å². The van der Waals surface area contributed by atoms with Crippen molar-refractivity contribution in [1.82, 2.24) is 20.4 Å². The van der Waals surface area contributed by atoms with Crippen molar-refractivity contribution in [2.45, 2.75) is 6.42 Å². The van der Waals surface area contributed by atoms with Crippen molar-refractivity contribution in [2.75, 3.05) is 25.5 Å². The van der Waals surface area contributed by atoms with Gasteiger partial charge in [0.05, 0.1) is 12.2 Å². The number of carbonyl (C=O) groups excluding carboxylic acids is 1. The van der Waals surface area contributed by atoms with Crippen molar-refractivity contribution in [3.05, 3.63) is 78.4 Å². The predicted molar refractivity (Wildman–Crippen MR) is 112 cm³/mol. The number of hydrogen-bond acceptors (Lipinski definition) is 3. The Kier molecular flexibility index (Phi) is 6.94. The van der Waals surface area contributed by atoms with Gasteiger partial charge in [-0.05, 0) is 54.4 Å². The van der Waals surface area contributed by atoms with Crippen LogP contribution in [-0.4, -0.2) is 41.8 Å². The van der Waals surface area contributed by atoms with Crippen molar-refractivity contribution in [2.24, 2.45) is 4.99 Å². The number of guanidine groups is 1. The number of carbonyl (C=O) groups is 1. The number of nitrogens with zero attached hydrogens (tertiary/aromatic N) is 3. The summed E-state index contributed by atoms with van der Waals surface area (Å²) >= 11 is 0. The summed E-state index contributed by atoms with van der Waals surface area (Å²) in [6.07, 6.45) is 4.46. The summed E-state index contributed by atoms with van der Waals surface area (Å²) in [6.45, 7) is 0.718. The standard InChI is InChI=1S/C21H23FN6O/c1-23-21(25-15-20(29)27-18-7-5-17(22)6-8-18)24-13-11-16-3-9-19(10-4-16)28-14-2-12-26-28/h2-10,12,14H,11,13,15H2,1H3,(H,27,29)(H2,23,24,25). The van der Waals surface area contributed by atoms with Crippen LogP contribution in [0.4, 0.5) is 10.1 Å². The fourth-order valence-corrected chi connectivity index (χ4v) is 2.69. The maximum Gasteiger partial charge on any atom is 0.243 e. The number of hydrogen-bond donors (Lipinski definition) is 3. The van der Waals surface area contributed by atoms with Gasteiger partial charge in [-0.2, -0.15) is 5.10 Å². The predicted octanol–water partition coefficient (Wildman–Crippen LogP) is 2.36. The third-order valence-corrected chi connectivity index (χ3v) is 4.18. The van der Waals surface area contributed by atoms with Gasteiger partial charge in [0, 0.05) is 31.7 Å². The molecule has 2 aromatic carbocycles. The molecule has 3 N–H and O–H groups in total. The minimum absolute atomic E-state index is 0.0512. The van der Waals surface area contributed by atoms with E-state index in [4.69, 9.17) is 0 Å². The molecule has 0 aliphatic carbocycles. The summed E-state index contributed by atoms with van der Waals surface area (Å²) in [5, 5.41) is 13.0. The molecular weight excluding hydrogens is 371 g/mol. The van der Waals surface area contributed by atoms with Crippen LogP contribution in [0.1, 0.15) is 5.56 Å². The fraction of sp³-hybridized carbons (Fsp3) is 0.190. The number of halogens is 1. The first-order valence-electron chi connectivity index (χ1n) is 9.23. The van der Waals surface area contributed by atoms with Gasteiger partial charge in [0.15, 0.2) is 5.96 Å². The Hall–Kier alpha value is -3.68. The quantitative estimate of drug-likeness (QED) is 0.424. The second-order valence-corrected chi connectivity index (χ2v) is 6.27. The molecule has 0 fully saturated rings. The van der Waals surface area contributed by atoms with E-state index in [1.165, 1.54) is 29.8 Å². The molecule has 0 atom stereocenters. The van der Waals surface area contributed by atoms with Crippen LogP contribution >= 0.6 is 0 Å². The molecule has 0 unspecified atom stereocenters. The van der Waals surface area contributed by atoms with E-state index in [0.717, 1.165) is 12.1 Å². The van der Waals surface area contributed by atoms with Gasteiger partial charge in [0.2, 0.25) is 5.91 Å². The summed E-state index contributed by atoms with van der Waals surface area (Å²) in [5.41, 5.74) is 2.73. The Morgan fingerprint density at radius 3 is 2.52 bits per heavy atom. The number of rotatable bonds is 7. The van der Waals surface area contributed by atoms with Crippen molar-refractivity contribution in [1.29, 1.82) is 0 Å². The van der Waals surface area contributed by atoms with Crippen molar-refractivity contribution in [3.63, 3.8) is 0 Å². The third kappa shape index (κ3) is 6.17. The Balaban J connectivity index is 1.40. The van der Waals surface area contributed by atoms with E-state index >= 15 is 0 Å². The van der Waals surface area contributed by atoms with Crippen LogP contribution in [0.5, 0.6) is 0 Å². The number of anilines is 1. The topological polar surface area (TPSA) is 83.3 Å². The molecule has 3 aromatic rings. The zero-order valence-electron chi connectivity index (χ0n) is 16.1. The minimum atomic E-state index is -0.346. The molecule has 0 aliphatic heterocycles. The molecular formula is C21H23FN6O. The second kappa shape index (κ2) is 10.0. The van der Waals surface area contributed by atoms with E-state index in [1.807, 2.05) is 29.1 Å². The van der Waals surface area contributed by atoms with Crippen LogP contribution in [0.2, 0.25) is 0 Å². The molecule has 0 saturated carbocycles.